The molecule has 0 unspecified atom stereocenters. The Morgan fingerprint density at radius 1 is 0.920 bits per heavy atom. The minimum absolute atomic E-state index is 0.136. The molecule has 0 spiro atoms. The summed E-state index contributed by atoms with van der Waals surface area (Å²) in [5, 5.41) is 3.81. The lowest BCUT2D eigenvalue weighted by Crippen LogP contribution is -2.07. The number of pyridine rings is 1. The number of nitrogens with zero attached hydrogens (tertiary/aromatic N) is 2. The highest BCUT2D eigenvalue weighted by atomic mass is 32.1. The first-order valence-electron chi connectivity index (χ1n) is 7.82. The van der Waals surface area contributed by atoms with Gasteiger partial charge in [-0.25, -0.2) is 14.8 Å². The van der Waals surface area contributed by atoms with E-state index in [2.05, 4.69) is 9.97 Å². The van der Waals surface area contributed by atoms with Gasteiger partial charge in [0.15, 0.2) is 0 Å². The Bertz CT molecular complexity index is 1030. The molecule has 4 rings (SSSR count). The van der Waals surface area contributed by atoms with Crippen molar-refractivity contribution in [3.05, 3.63) is 83.5 Å². The van der Waals surface area contributed by atoms with Gasteiger partial charge in [0.2, 0.25) is 0 Å². The Morgan fingerprint density at radius 2 is 1.72 bits per heavy atom. The molecule has 0 bridgehead atoms. The van der Waals surface area contributed by atoms with Crippen molar-refractivity contribution >= 4 is 28.2 Å². The quantitative estimate of drug-likeness (QED) is 0.502. The zero-order valence-corrected chi connectivity index (χ0v) is 14.1. The summed E-state index contributed by atoms with van der Waals surface area (Å²) in [6.45, 7) is 0.136. The number of aromatic nitrogens is 2. The molecule has 0 saturated carbocycles. The maximum atomic E-state index is 12.2. The maximum Gasteiger partial charge on any atom is 0.357 e. The van der Waals surface area contributed by atoms with Crippen LogP contribution in [-0.4, -0.2) is 15.9 Å². The molecule has 0 aliphatic rings. The Balaban J connectivity index is 1.45. The lowest BCUT2D eigenvalue weighted by Gasteiger charge is -2.03. The third-order valence-corrected chi connectivity index (χ3v) is 4.67. The van der Waals surface area contributed by atoms with Gasteiger partial charge in [0.1, 0.15) is 17.3 Å². The van der Waals surface area contributed by atoms with E-state index in [4.69, 9.17) is 4.74 Å². The predicted molar refractivity (Wildman–Crippen MR) is 98.4 cm³/mol. The van der Waals surface area contributed by atoms with Crippen LogP contribution in [0.15, 0.2) is 72.1 Å². The van der Waals surface area contributed by atoms with Crippen LogP contribution in [0.5, 0.6) is 0 Å². The number of benzene rings is 2. The van der Waals surface area contributed by atoms with Crippen molar-refractivity contribution in [2.45, 2.75) is 6.61 Å². The molecule has 0 saturated heterocycles. The minimum Gasteiger partial charge on any atom is -0.454 e. The molecule has 5 heteroatoms. The number of para-hydroxylation sites is 1. The molecule has 0 aliphatic carbocycles. The highest BCUT2D eigenvalue weighted by Crippen LogP contribution is 2.23. The molecule has 4 nitrogen and oxygen atoms in total. The van der Waals surface area contributed by atoms with Crippen molar-refractivity contribution < 1.29 is 9.53 Å². The van der Waals surface area contributed by atoms with Crippen LogP contribution >= 0.6 is 11.3 Å². The molecule has 25 heavy (non-hydrogen) atoms. The van der Waals surface area contributed by atoms with Crippen LogP contribution in [0.1, 0.15) is 16.2 Å². The summed E-state index contributed by atoms with van der Waals surface area (Å²) < 4.78 is 5.35. The van der Waals surface area contributed by atoms with E-state index in [-0.39, 0.29) is 6.61 Å². The first kappa shape index (κ1) is 15.5. The SMILES string of the molecule is O=C(OCc1csc(-c2ccccc2)n1)c1ccc2ccccc2n1. The fourth-order valence-electron chi connectivity index (χ4n) is 2.48. The number of fused-ring (bicyclic) bond motifs is 1. The van der Waals surface area contributed by atoms with Gasteiger partial charge in [0.25, 0.3) is 0 Å². The lowest BCUT2D eigenvalue weighted by molar-refractivity contribution is 0.0462. The first-order valence-corrected chi connectivity index (χ1v) is 8.70. The van der Waals surface area contributed by atoms with Crippen LogP contribution < -0.4 is 0 Å². The van der Waals surface area contributed by atoms with Gasteiger partial charge in [-0.3, -0.25) is 0 Å². The molecular weight excluding hydrogens is 332 g/mol. The predicted octanol–water partition coefficient (Wildman–Crippen LogP) is 4.72. The van der Waals surface area contributed by atoms with E-state index in [1.165, 1.54) is 11.3 Å². The van der Waals surface area contributed by atoms with Crippen LogP contribution in [-0.2, 0) is 11.3 Å². The minimum atomic E-state index is -0.444. The highest BCUT2D eigenvalue weighted by molar-refractivity contribution is 7.13. The zero-order valence-electron chi connectivity index (χ0n) is 13.3. The fourth-order valence-corrected chi connectivity index (χ4v) is 3.29. The molecule has 0 fully saturated rings. The van der Waals surface area contributed by atoms with E-state index in [1.54, 1.807) is 6.07 Å². The molecule has 0 atom stereocenters. The van der Waals surface area contributed by atoms with Gasteiger partial charge in [-0.15, -0.1) is 11.3 Å². The molecule has 2 aromatic heterocycles. The number of rotatable bonds is 4. The maximum absolute atomic E-state index is 12.2. The topological polar surface area (TPSA) is 52.1 Å². The monoisotopic (exact) mass is 346 g/mol. The zero-order chi connectivity index (χ0) is 17.1. The molecule has 0 amide bonds. The van der Waals surface area contributed by atoms with Gasteiger partial charge < -0.3 is 4.74 Å². The second-order valence-corrected chi connectivity index (χ2v) is 6.33. The molecule has 122 valence electrons. The summed E-state index contributed by atoms with van der Waals surface area (Å²) in [4.78, 5) is 21.1. The Morgan fingerprint density at radius 3 is 2.60 bits per heavy atom. The van der Waals surface area contributed by atoms with Crippen molar-refractivity contribution in [1.29, 1.82) is 0 Å². The lowest BCUT2D eigenvalue weighted by atomic mass is 10.2. The van der Waals surface area contributed by atoms with E-state index in [0.29, 0.717) is 5.69 Å². The van der Waals surface area contributed by atoms with Crippen LogP contribution in [0.25, 0.3) is 21.5 Å². The van der Waals surface area contributed by atoms with Crippen molar-refractivity contribution in [2.24, 2.45) is 0 Å². The van der Waals surface area contributed by atoms with E-state index < -0.39 is 5.97 Å². The third kappa shape index (κ3) is 3.41. The third-order valence-electron chi connectivity index (χ3n) is 3.73. The molecule has 0 radical (unpaired) electrons. The number of carbonyl (C=O) groups excluding carboxylic acids is 1. The van der Waals surface area contributed by atoms with Gasteiger partial charge in [0.05, 0.1) is 11.2 Å². The van der Waals surface area contributed by atoms with E-state index in [1.807, 2.05) is 66.0 Å². The van der Waals surface area contributed by atoms with Gasteiger partial charge in [-0.05, 0) is 12.1 Å². The number of hydrogen-bond donors (Lipinski definition) is 0. The number of hydrogen-bond acceptors (Lipinski definition) is 5. The standard InChI is InChI=1S/C20H14N2O2S/c23-20(18-11-10-14-6-4-5-9-17(14)22-18)24-12-16-13-25-19(21-16)15-7-2-1-3-8-15/h1-11,13H,12H2. The normalized spacial score (nSPS) is 10.7. The van der Waals surface area contributed by atoms with Gasteiger partial charge in [-0.1, -0.05) is 54.6 Å². The Kier molecular flexibility index (Phi) is 4.23. The van der Waals surface area contributed by atoms with Crippen molar-refractivity contribution in [3.8, 4) is 10.6 Å². The number of ether oxygens (including phenoxy) is 1. The van der Waals surface area contributed by atoms with Crippen LogP contribution in [0, 0.1) is 0 Å². The van der Waals surface area contributed by atoms with E-state index in [9.17, 15) is 4.79 Å². The first-order chi connectivity index (χ1) is 12.3. The Labute approximate surface area is 148 Å². The molecule has 2 aromatic carbocycles. The molecular formula is C20H14N2O2S. The summed E-state index contributed by atoms with van der Waals surface area (Å²) >= 11 is 1.53. The number of esters is 1. The molecule has 0 N–H and O–H groups in total. The molecule has 0 aliphatic heterocycles. The van der Waals surface area contributed by atoms with Crippen molar-refractivity contribution in [1.82, 2.24) is 9.97 Å². The average molecular weight is 346 g/mol. The number of thiazole rings is 1. The fraction of sp³-hybridized carbons (Fsp3) is 0.0500. The van der Waals surface area contributed by atoms with E-state index in [0.717, 1.165) is 27.2 Å². The largest absolute Gasteiger partial charge is 0.454 e. The summed E-state index contributed by atoms with van der Waals surface area (Å²) in [5.41, 5.74) is 2.87. The van der Waals surface area contributed by atoms with Gasteiger partial charge >= 0.3 is 5.97 Å². The van der Waals surface area contributed by atoms with Gasteiger partial charge in [0, 0.05) is 16.3 Å². The molecule has 2 heterocycles. The summed E-state index contributed by atoms with van der Waals surface area (Å²) in [6.07, 6.45) is 0. The summed E-state index contributed by atoms with van der Waals surface area (Å²) in [7, 11) is 0. The second-order valence-electron chi connectivity index (χ2n) is 5.48. The second kappa shape index (κ2) is 6.83. The summed E-state index contributed by atoms with van der Waals surface area (Å²) in [5.74, 6) is -0.444. The van der Waals surface area contributed by atoms with Crippen LogP contribution in [0.2, 0.25) is 0 Å². The molecule has 4 aromatic rings. The average Bonchev–Trinajstić information content (AvgIpc) is 3.15. The van der Waals surface area contributed by atoms with Crippen LogP contribution in [0.3, 0.4) is 0 Å². The van der Waals surface area contributed by atoms with E-state index >= 15 is 0 Å². The van der Waals surface area contributed by atoms with Gasteiger partial charge in [-0.2, -0.15) is 0 Å². The van der Waals surface area contributed by atoms with Crippen molar-refractivity contribution in [3.63, 3.8) is 0 Å². The Hall–Kier alpha value is -3.05. The smallest absolute Gasteiger partial charge is 0.357 e. The van der Waals surface area contributed by atoms with Crippen LogP contribution in [0.4, 0.5) is 0 Å². The number of carbonyl (C=O) groups is 1. The highest BCUT2D eigenvalue weighted by Gasteiger charge is 2.11. The summed E-state index contributed by atoms with van der Waals surface area (Å²) in [6, 6.07) is 21.1. The van der Waals surface area contributed by atoms with Crippen molar-refractivity contribution in [2.75, 3.05) is 0 Å².